The molecule has 2 aliphatic heterocycles. The topological polar surface area (TPSA) is 88.8 Å². The Bertz CT molecular complexity index is 1140. The van der Waals surface area contributed by atoms with Crippen LogP contribution < -0.4 is 15.8 Å². The highest BCUT2D eigenvalue weighted by molar-refractivity contribution is 5.93. The minimum Gasteiger partial charge on any atom is -0.374 e. The summed E-state index contributed by atoms with van der Waals surface area (Å²) in [7, 11) is 2.10. The van der Waals surface area contributed by atoms with Crippen LogP contribution in [0.15, 0.2) is 35.1 Å². The summed E-state index contributed by atoms with van der Waals surface area (Å²) >= 11 is 0. The lowest BCUT2D eigenvalue weighted by Crippen LogP contribution is -2.44. The van der Waals surface area contributed by atoms with Crippen LogP contribution in [-0.2, 0) is 24.3 Å². The molecule has 36 heavy (non-hydrogen) atoms. The molecule has 1 fully saturated rings. The normalized spacial score (nSPS) is 18.0. The van der Waals surface area contributed by atoms with Gasteiger partial charge in [-0.1, -0.05) is 12.1 Å². The molecule has 0 saturated carbocycles. The van der Waals surface area contributed by atoms with E-state index in [2.05, 4.69) is 39.3 Å². The number of hydrogen-bond acceptors (Lipinski definition) is 5. The third-order valence-electron chi connectivity index (χ3n) is 7.49. The summed E-state index contributed by atoms with van der Waals surface area (Å²) in [6.45, 7) is 9.06. The van der Waals surface area contributed by atoms with Gasteiger partial charge >= 0.3 is 0 Å². The molecule has 0 spiro atoms. The number of aromatic amines is 1. The van der Waals surface area contributed by atoms with Crippen LogP contribution in [0.2, 0.25) is 0 Å². The zero-order chi connectivity index (χ0) is 25.7. The molecular formula is C28H39N5O3. The summed E-state index contributed by atoms with van der Waals surface area (Å²) in [4.78, 5) is 47.5. The molecule has 0 radical (unpaired) electrons. The fraction of sp³-hybridized carbons (Fsp3) is 0.536. The first-order chi connectivity index (χ1) is 17.4. The number of aromatic nitrogens is 1. The molecule has 0 unspecified atom stereocenters. The van der Waals surface area contributed by atoms with Gasteiger partial charge in [0.05, 0.1) is 5.92 Å². The van der Waals surface area contributed by atoms with Gasteiger partial charge in [-0.2, -0.15) is 0 Å². The zero-order valence-corrected chi connectivity index (χ0v) is 21.8. The van der Waals surface area contributed by atoms with Gasteiger partial charge in [-0.05, 0) is 75.4 Å². The number of nitrogens with one attached hydrogen (secondary N) is 2. The number of aryl methyl sites for hydroxylation is 1. The number of carbonyl (C=O) groups excluding carboxylic acids is 2. The van der Waals surface area contributed by atoms with E-state index < -0.39 is 0 Å². The first-order valence-electron chi connectivity index (χ1n) is 13.2. The lowest BCUT2D eigenvalue weighted by atomic mass is 9.96. The van der Waals surface area contributed by atoms with E-state index in [4.69, 9.17) is 0 Å². The average molecular weight is 494 g/mol. The molecule has 194 valence electrons. The van der Waals surface area contributed by atoms with Gasteiger partial charge in [-0.25, -0.2) is 0 Å². The number of benzene rings is 1. The number of carbonyl (C=O) groups is 2. The van der Waals surface area contributed by atoms with Crippen LogP contribution in [0.1, 0.15) is 60.3 Å². The van der Waals surface area contributed by atoms with E-state index in [0.717, 1.165) is 63.1 Å². The zero-order valence-electron chi connectivity index (χ0n) is 21.8. The number of hydrogen-bond donors (Lipinski definition) is 2. The Morgan fingerprint density at radius 3 is 2.67 bits per heavy atom. The van der Waals surface area contributed by atoms with Crippen molar-refractivity contribution in [2.24, 2.45) is 5.92 Å². The number of fused-ring (bicyclic) bond motifs is 1. The Morgan fingerprint density at radius 2 is 1.92 bits per heavy atom. The molecule has 8 nitrogen and oxygen atoms in total. The summed E-state index contributed by atoms with van der Waals surface area (Å²) in [5, 5.41) is 2.89. The molecule has 4 rings (SSSR count). The number of amides is 2. The van der Waals surface area contributed by atoms with E-state index in [0.29, 0.717) is 19.6 Å². The summed E-state index contributed by atoms with van der Waals surface area (Å²) in [5.41, 5.74) is 4.07. The highest BCUT2D eigenvalue weighted by atomic mass is 16.2. The van der Waals surface area contributed by atoms with Gasteiger partial charge in [0, 0.05) is 57.7 Å². The smallest absolute Gasteiger partial charge is 0.261 e. The lowest BCUT2D eigenvalue weighted by molar-refractivity contribution is -0.137. The van der Waals surface area contributed by atoms with Gasteiger partial charge in [0.15, 0.2) is 0 Å². The van der Waals surface area contributed by atoms with Crippen LogP contribution in [0, 0.1) is 5.92 Å². The number of pyridine rings is 1. The minimum absolute atomic E-state index is 0.000540. The number of H-pyrrole nitrogens is 1. The van der Waals surface area contributed by atoms with Crippen LogP contribution >= 0.6 is 0 Å². The second-order valence-electron chi connectivity index (χ2n) is 9.98. The second kappa shape index (κ2) is 11.7. The molecule has 2 aliphatic rings. The quantitative estimate of drug-likeness (QED) is 0.590. The molecule has 1 saturated heterocycles. The van der Waals surface area contributed by atoms with Crippen molar-refractivity contribution in [3.05, 3.63) is 63.1 Å². The third kappa shape index (κ3) is 5.98. The monoisotopic (exact) mass is 493 g/mol. The van der Waals surface area contributed by atoms with E-state index in [-0.39, 0.29) is 28.9 Å². The van der Waals surface area contributed by atoms with Crippen LogP contribution in [-0.4, -0.2) is 66.4 Å². The third-order valence-corrected chi connectivity index (χ3v) is 7.49. The SMILES string of the molecule is CCN(CC)C(=O)[C@H]1CCCN(Cc2ccc(C(=O)NCc3ccc4c(c3)CCCN4C)c(=O)[nH]2)C1. The molecular weight excluding hydrogens is 454 g/mol. The highest BCUT2D eigenvalue weighted by Gasteiger charge is 2.28. The maximum atomic E-state index is 12.8. The predicted molar refractivity (Wildman–Crippen MR) is 142 cm³/mol. The van der Waals surface area contributed by atoms with Crippen molar-refractivity contribution >= 4 is 17.5 Å². The minimum atomic E-state index is -0.384. The molecule has 3 heterocycles. The highest BCUT2D eigenvalue weighted by Crippen LogP contribution is 2.26. The molecule has 1 aromatic carbocycles. The predicted octanol–water partition coefficient (Wildman–Crippen LogP) is 2.77. The van der Waals surface area contributed by atoms with E-state index in [1.54, 1.807) is 12.1 Å². The van der Waals surface area contributed by atoms with Gasteiger partial charge in [-0.3, -0.25) is 19.3 Å². The number of piperidine rings is 1. The molecule has 0 aliphatic carbocycles. The number of nitrogens with zero attached hydrogens (tertiary/aromatic N) is 3. The fourth-order valence-electron chi connectivity index (χ4n) is 5.45. The number of rotatable bonds is 8. The molecule has 2 aromatic rings. The van der Waals surface area contributed by atoms with Crippen molar-refractivity contribution < 1.29 is 9.59 Å². The summed E-state index contributed by atoms with van der Waals surface area (Å²) in [6.07, 6.45) is 4.04. The standard InChI is InChI=1S/C28H39N5O3/c1-4-33(5-2)28(36)22-9-7-15-32(18-22)19-23-11-12-24(27(35)30-23)26(34)29-17-20-10-13-25-21(16-20)8-6-14-31(25)3/h10-13,16,22H,4-9,14-15,17-19H2,1-3H3,(H,29,34)(H,30,35)/t22-/m0/s1. The first kappa shape index (κ1) is 25.9. The van der Waals surface area contributed by atoms with Crippen molar-refractivity contribution in [2.45, 2.75) is 52.6 Å². The first-order valence-corrected chi connectivity index (χ1v) is 13.2. The molecule has 0 bridgehead atoms. The molecule has 1 aromatic heterocycles. The van der Waals surface area contributed by atoms with Crippen LogP contribution in [0.4, 0.5) is 5.69 Å². The Hall–Kier alpha value is -3.13. The van der Waals surface area contributed by atoms with E-state index >= 15 is 0 Å². The molecule has 2 amide bonds. The second-order valence-corrected chi connectivity index (χ2v) is 9.98. The summed E-state index contributed by atoms with van der Waals surface area (Å²) in [6, 6.07) is 9.70. The molecule has 8 heteroatoms. The van der Waals surface area contributed by atoms with Crippen LogP contribution in [0.5, 0.6) is 0 Å². The van der Waals surface area contributed by atoms with Crippen molar-refractivity contribution in [1.29, 1.82) is 0 Å². The van der Waals surface area contributed by atoms with Crippen LogP contribution in [0.3, 0.4) is 0 Å². The Labute approximate surface area is 213 Å². The summed E-state index contributed by atoms with van der Waals surface area (Å²) in [5.74, 6) is -0.156. The van der Waals surface area contributed by atoms with Gasteiger partial charge in [0.25, 0.3) is 11.5 Å². The van der Waals surface area contributed by atoms with Gasteiger partial charge < -0.3 is 20.1 Å². The maximum Gasteiger partial charge on any atom is 0.261 e. The van der Waals surface area contributed by atoms with Gasteiger partial charge in [0.2, 0.25) is 5.91 Å². The van der Waals surface area contributed by atoms with Crippen LogP contribution in [0.25, 0.3) is 0 Å². The lowest BCUT2D eigenvalue weighted by Gasteiger charge is -2.34. The van der Waals surface area contributed by atoms with Crippen molar-refractivity contribution in [2.75, 3.05) is 44.7 Å². The van der Waals surface area contributed by atoms with E-state index in [9.17, 15) is 14.4 Å². The largest absolute Gasteiger partial charge is 0.374 e. The Kier molecular flexibility index (Phi) is 8.46. The average Bonchev–Trinajstić information content (AvgIpc) is 2.88. The fourth-order valence-corrected chi connectivity index (χ4v) is 5.45. The molecule has 2 N–H and O–H groups in total. The van der Waals surface area contributed by atoms with E-state index in [1.165, 1.54) is 11.3 Å². The summed E-state index contributed by atoms with van der Waals surface area (Å²) < 4.78 is 0. The maximum absolute atomic E-state index is 12.8. The van der Waals surface area contributed by atoms with Crippen molar-refractivity contribution in [3.63, 3.8) is 0 Å². The van der Waals surface area contributed by atoms with Crippen molar-refractivity contribution in [1.82, 2.24) is 20.1 Å². The van der Waals surface area contributed by atoms with Crippen molar-refractivity contribution in [3.8, 4) is 0 Å². The Balaban J connectivity index is 1.34. The Morgan fingerprint density at radius 1 is 1.11 bits per heavy atom. The number of likely N-dealkylation sites (tertiary alicyclic amines) is 1. The number of anilines is 1. The van der Waals surface area contributed by atoms with Gasteiger partial charge in [-0.15, -0.1) is 0 Å². The molecule has 1 atom stereocenters. The van der Waals surface area contributed by atoms with Gasteiger partial charge in [0.1, 0.15) is 5.56 Å². The van der Waals surface area contributed by atoms with E-state index in [1.807, 2.05) is 24.8 Å².